The number of nitrogens with zero attached hydrogens (tertiary/aromatic N) is 2. The van der Waals surface area contributed by atoms with E-state index in [2.05, 4.69) is 5.32 Å². The summed E-state index contributed by atoms with van der Waals surface area (Å²) in [5, 5.41) is 23.3. The molecular weight excluding hydrogens is 470 g/mol. The topological polar surface area (TPSA) is 139 Å². The number of nitriles is 1. The van der Waals surface area contributed by atoms with Gasteiger partial charge in [0.05, 0.1) is 4.92 Å². The summed E-state index contributed by atoms with van der Waals surface area (Å²) in [5.41, 5.74) is -0.244. The van der Waals surface area contributed by atoms with Gasteiger partial charge in [0, 0.05) is 28.4 Å². The van der Waals surface area contributed by atoms with E-state index in [0.29, 0.717) is 10.7 Å². The van der Waals surface area contributed by atoms with Crippen LogP contribution in [-0.4, -0.2) is 19.2 Å². The number of benzene rings is 3. The molecule has 1 N–H and O–H groups in total. The summed E-state index contributed by atoms with van der Waals surface area (Å²) in [7, 11) is -4.44. The van der Waals surface area contributed by atoms with Gasteiger partial charge in [-0.2, -0.15) is 13.7 Å². The average molecular weight is 484 g/mol. The monoisotopic (exact) mass is 483 g/mol. The van der Waals surface area contributed by atoms with Crippen LogP contribution < -0.4 is 9.50 Å². The molecule has 0 saturated heterocycles. The van der Waals surface area contributed by atoms with Crippen LogP contribution in [0, 0.1) is 21.4 Å². The molecule has 0 aliphatic rings. The highest BCUT2D eigenvalue weighted by molar-refractivity contribution is 7.87. The molecule has 0 unspecified atom stereocenters. The lowest BCUT2D eigenvalue weighted by atomic mass is 10.1. The van der Waals surface area contributed by atoms with E-state index >= 15 is 0 Å². The molecule has 0 atom stereocenters. The van der Waals surface area contributed by atoms with E-state index in [0.717, 1.165) is 24.3 Å². The molecule has 0 fully saturated rings. The summed E-state index contributed by atoms with van der Waals surface area (Å²) in [6, 6.07) is 18.3. The molecule has 0 heterocycles. The van der Waals surface area contributed by atoms with Gasteiger partial charge >= 0.3 is 10.1 Å². The van der Waals surface area contributed by atoms with Crippen LogP contribution in [0.2, 0.25) is 5.02 Å². The number of rotatable bonds is 7. The van der Waals surface area contributed by atoms with Crippen molar-refractivity contribution in [1.29, 1.82) is 5.26 Å². The van der Waals surface area contributed by atoms with Crippen molar-refractivity contribution >= 4 is 45.1 Å². The fraction of sp³-hybridized carbons (Fsp3) is 0. The molecule has 0 radical (unpaired) electrons. The number of carbonyl (C=O) groups is 1. The number of hydrogen-bond donors (Lipinski definition) is 1. The Kier molecular flexibility index (Phi) is 7.07. The van der Waals surface area contributed by atoms with Gasteiger partial charge in [-0.25, -0.2) is 0 Å². The quantitative estimate of drug-likeness (QED) is 0.171. The minimum atomic E-state index is -4.44. The molecule has 0 aromatic heterocycles. The molecule has 1 amide bonds. The Hall–Kier alpha value is -4.20. The number of carbonyl (C=O) groups excluding carboxylic acids is 1. The van der Waals surface area contributed by atoms with Crippen LogP contribution in [-0.2, 0) is 14.9 Å². The minimum Gasteiger partial charge on any atom is -0.378 e. The van der Waals surface area contributed by atoms with Gasteiger partial charge in [-0.05, 0) is 36.4 Å². The standard InChI is InChI=1S/C22H14ClN3O6S/c23-17-6-3-7-18(12-17)25-22(27)16(14-24)11-15-5-1-2-10-21(15)32-33(30,31)20-9-4-8-19(13-20)26(28)29/h1-13H,(H,25,27)/b16-11+. The number of nitro benzene ring substituents is 1. The van der Waals surface area contributed by atoms with Crippen molar-refractivity contribution < 1.29 is 22.3 Å². The fourth-order valence-electron chi connectivity index (χ4n) is 2.66. The van der Waals surface area contributed by atoms with E-state index < -0.39 is 31.5 Å². The molecule has 0 bridgehead atoms. The molecule has 3 aromatic carbocycles. The minimum absolute atomic E-state index is 0.129. The maximum absolute atomic E-state index is 12.7. The number of amides is 1. The Morgan fingerprint density at radius 1 is 1.09 bits per heavy atom. The second-order valence-electron chi connectivity index (χ2n) is 6.46. The third-order valence-electron chi connectivity index (χ3n) is 4.18. The molecule has 0 aliphatic heterocycles. The van der Waals surface area contributed by atoms with Gasteiger partial charge in [0.2, 0.25) is 0 Å². The van der Waals surface area contributed by atoms with E-state index in [9.17, 15) is 28.6 Å². The number of non-ortho nitro benzene ring substituents is 1. The molecular formula is C22H14ClN3O6S. The fourth-order valence-corrected chi connectivity index (χ4v) is 3.85. The zero-order valence-corrected chi connectivity index (χ0v) is 18.2. The van der Waals surface area contributed by atoms with Gasteiger partial charge in [0.25, 0.3) is 11.6 Å². The normalized spacial score (nSPS) is 11.3. The van der Waals surface area contributed by atoms with Crippen molar-refractivity contribution in [2.45, 2.75) is 4.90 Å². The smallest absolute Gasteiger partial charge is 0.339 e. The summed E-state index contributed by atoms with van der Waals surface area (Å²) >= 11 is 5.89. The highest BCUT2D eigenvalue weighted by Crippen LogP contribution is 2.27. The molecule has 0 spiro atoms. The van der Waals surface area contributed by atoms with Crippen LogP contribution in [0.15, 0.2) is 83.3 Å². The second-order valence-corrected chi connectivity index (χ2v) is 8.45. The molecule has 166 valence electrons. The van der Waals surface area contributed by atoms with Gasteiger partial charge in [0.15, 0.2) is 0 Å². The van der Waals surface area contributed by atoms with Gasteiger partial charge in [-0.3, -0.25) is 14.9 Å². The number of para-hydroxylation sites is 1. The molecule has 11 heteroatoms. The lowest BCUT2D eigenvalue weighted by Gasteiger charge is -2.10. The molecule has 33 heavy (non-hydrogen) atoms. The van der Waals surface area contributed by atoms with E-state index in [1.54, 1.807) is 30.3 Å². The third-order valence-corrected chi connectivity index (χ3v) is 5.65. The zero-order chi connectivity index (χ0) is 24.0. The Bertz CT molecular complexity index is 1410. The molecule has 0 saturated carbocycles. The lowest BCUT2D eigenvalue weighted by Crippen LogP contribution is -2.14. The molecule has 0 aliphatic carbocycles. The van der Waals surface area contributed by atoms with Crippen LogP contribution in [0.5, 0.6) is 5.75 Å². The summed E-state index contributed by atoms with van der Waals surface area (Å²) < 4.78 is 30.5. The average Bonchev–Trinajstić information content (AvgIpc) is 2.78. The predicted molar refractivity (Wildman–Crippen MR) is 121 cm³/mol. The van der Waals surface area contributed by atoms with Crippen LogP contribution in [0.3, 0.4) is 0 Å². The summed E-state index contributed by atoms with van der Waals surface area (Å²) in [4.78, 5) is 22.3. The Morgan fingerprint density at radius 3 is 2.52 bits per heavy atom. The van der Waals surface area contributed by atoms with Crippen LogP contribution in [0.25, 0.3) is 6.08 Å². The van der Waals surface area contributed by atoms with E-state index in [1.807, 2.05) is 0 Å². The van der Waals surface area contributed by atoms with E-state index in [-0.39, 0.29) is 16.9 Å². The van der Waals surface area contributed by atoms with Crippen molar-refractivity contribution in [3.05, 3.63) is 99.1 Å². The maximum atomic E-state index is 12.7. The second kappa shape index (κ2) is 9.95. The van der Waals surface area contributed by atoms with Crippen LogP contribution in [0.4, 0.5) is 11.4 Å². The first kappa shape index (κ1) is 23.5. The summed E-state index contributed by atoms with van der Waals surface area (Å²) in [6.07, 6.45) is 1.16. The summed E-state index contributed by atoms with van der Waals surface area (Å²) in [5.74, 6) is -0.913. The van der Waals surface area contributed by atoms with Gasteiger partial charge in [-0.15, -0.1) is 0 Å². The summed E-state index contributed by atoms with van der Waals surface area (Å²) in [6.45, 7) is 0. The Labute approximate surface area is 193 Å². The van der Waals surface area contributed by atoms with Gasteiger partial charge in [-0.1, -0.05) is 41.9 Å². The van der Waals surface area contributed by atoms with Crippen molar-refractivity contribution in [3.8, 4) is 11.8 Å². The highest BCUT2D eigenvalue weighted by atomic mass is 35.5. The zero-order valence-electron chi connectivity index (χ0n) is 16.6. The largest absolute Gasteiger partial charge is 0.378 e. The first-order valence-electron chi connectivity index (χ1n) is 9.16. The first-order chi connectivity index (χ1) is 15.7. The van der Waals surface area contributed by atoms with Crippen molar-refractivity contribution in [2.24, 2.45) is 0 Å². The SMILES string of the molecule is N#C/C(=C\c1ccccc1OS(=O)(=O)c1cccc([N+](=O)[O-])c1)C(=O)Nc1cccc(Cl)c1. The number of hydrogen-bond acceptors (Lipinski definition) is 7. The molecule has 3 rings (SSSR count). The van der Waals surface area contributed by atoms with E-state index in [4.69, 9.17) is 15.8 Å². The van der Waals surface area contributed by atoms with Crippen molar-refractivity contribution in [1.82, 2.24) is 0 Å². The number of nitro groups is 1. The van der Waals surface area contributed by atoms with Gasteiger partial charge < -0.3 is 9.50 Å². The van der Waals surface area contributed by atoms with Crippen LogP contribution in [0.1, 0.15) is 5.56 Å². The van der Waals surface area contributed by atoms with Crippen molar-refractivity contribution in [2.75, 3.05) is 5.32 Å². The third kappa shape index (κ3) is 5.94. The first-order valence-corrected chi connectivity index (χ1v) is 10.9. The van der Waals surface area contributed by atoms with E-state index in [1.165, 1.54) is 30.3 Å². The Morgan fingerprint density at radius 2 is 1.82 bits per heavy atom. The van der Waals surface area contributed by atoms with Gasteiger partial charge in [0.1, 0.15) is 22.3 Å². The number of anilines is 1. The van der Waals surface area contributed by atoms with Crippen molar-refractivity contribution in [3.63, 3.8) is 0 Å². The molecule has 3 aromatic rings. The Balaban J connectivity index is 1.91. The highest BCUT2D eigenvalue weighted by Gasteiger charge is 2.21. The predicted octanol–water partition coefficient (Wildman–Crippen LogP) is 4.56. The maximum Gasteiger partial charge on any atom is 0.339 e. The number of halogens is 1. The lowest BCUT2D eigenvalue weighted by molar-refractivity contribution is -0.385. The number of nitrogens with one attached hydrogen (secondary N) is 1. The van der Waals surface area contributed by atoms with Crippen LogP contribution >= 0.6 is 11.6 Å². The molecule has 9 nitrogen and oxygen atoms in total.